The highest BCUT2D eigenvalue weighted by molar-refractivity contribution is 5.97. The zero-order valence-electron chi connectivity index (χ0n) is 14.8. The van der Waals surface area contributed by atoms with Gasteiger partial charge in [-0.1, -0.05) is 19.1 Å². The van der Waals surface area contributed by atoms with Crippen molar-refractivity contribution in [2.24, 2.45) is 0 Å². The van der Waals surface area contributed by atoms with Gasteiger partial charge in [0.15, 0.2) is 11.5 Å². The van der Waals surface area contributed by atoms with Crippen molar-refractivity contribution in [2.75, 3.05) is 11.9 Å². The number of ether oxygens (including phenoxy) is 2. The fraction of sp³-hybridized carbons (Fsp3) is 0.300. The van der Waals surface area contributed by atoms with Crippen molar-refractivity contribution in [3.05, 3.63) is 54.1 Å². The Hall–Kier alpha value is -3.02. The highest BCUT2D eigenvalue weighted by Crippen LogP contribution is 2.31. The molecule has 0 spiro atoms. The molecular formula is C20H22N2O4. The van der Waals surface area contributed by atoms with Gasteiger partial charge >= 0.3 is 0 Å². The van der Waals surface area contributed by atoms with E-state index >= 15 is 0 Å². The smallest absolute Gasteiger partial charge is 0.269 e. The summed E-state index contributed by atoms with van der Waals surface area (Å²) in [5.74, 6) is 0.762. The predicted octanol–water partition coefficient (Wildman–Crippen LogP) is 2.99. The Morgan fingerprint density at radius 1 is 1.12 bits per heavy atom. The molecule has 0 saturated carbocycles. The van der Waals surface area contributed by atoms with Gasteiger partial charge in [-0.05, 0) is 49.7 Å². The second-order valence-corrected chi connectivity index (χ2v) is 6.21. The van der Waals surface area contributed by atoms with E-state index in [1.54, 1.807) is 36.4 Å². The Balaban J connectivity index is 1.59. The highest BCUT2D eigenvalue weighted by Gasteiger charge is 2.27. The maximum atomic E-state index is 12.4. The second kappa shape index (κ2) is 7.91. The number of nitrogens with one attached hydrogen (secondary N) is 2. The van der Waals surface area contributed by atoms with E-state index in [1.165, 1.54) is 0 Å². The quantitative estimate of drug-likeness (QED) is 0.865. The zero-order chi connectivity index (χ0) is 18.5. The standard InChI is InChI=1S/C20H22N2O4/c1-3-13(2)21-19(23)14-8-10-15(11-9-14)22-20(24)18-12-25-16-6-4-5-7-17(16)26-18/h4-11,13,18H,3,12H2,1-2H3,(H,21,23)(H,22,24)/t13-,18+/m0/s1. The summed E-state index contributed by atoms with van der Waals surface area (Å²) >= 11 is 0. The van der Waals surface area contributed by atoms with Gasteiger partial charge in [0, 0.05) is 17.3 Å². The summed E-state index contributed by atoms with van der Waals surface area (Å²) in [4.78, 5) is 24.5. The highest BCUT2D eigenvalue weighted by atomic mass is 16.6. The number of fused-ring (bicyclic) bond motifs is 1. The Kier molecular flexibility index (Phi) is 5.41. The molecular weight excluding hydrogens is 332 g/mol. The van der Waals surface area contributed by atoms with Crippen molar-refractivity contribution in [1.29, 1.82) is 0 Å². The Morgan fingerprint density at radius 2 is 1.81 bits per heavy atom. The first-order valence-corrected chi connectivity index (χ1v) is 8.67. The van der Waals surface area contributed by atoms with Crippen molar-refractivity contribution in [2.45, 2.75) is 32.4 Å². The first-order valence-electron chi connectivity index (χ1n) is 8.67. The maximum absolute atomic E-state index is 12.4. The number of hydrogen-bond acceptors (Lipinski definition) is 4. The maximum Gasteiger partial charge on any atom is 0.269 e. The number of carbonyl (C=O) groups excluding carboxylic acids is 2. The molecule has 1 aliphatic rings. The first kappa shape index (κ1) is 17.8. The van der Waals surface area contributed by atoms with Gasteiger partial charge in [0.25, 0.3) is 11.8 Å². The van der Waals surface area contributed by atoms with E-state index in [-0.39, 0.29) is 24.5 Å². The molecule has 0 bridgehead atoms. The number of para-hydroxylation sites is 2. The molecule has 136 valence electrons. The van der Waals surface area contributed by atoms with Gasteiger partial charge in [0.2, 0.25) is 6.10 Å². The molecule has 1 aliphatic heterocycles. The van der Waals surface area contributed by atoms with E-state index in [4.69, 9.17) is 9.47 Å². The van der Waals surface area contributed by atoms with Crippen molar-refractivity contribution in [1.82, 2.24) is 5.32 Å². The summed E-state index contributed by atoms with van der Waals surface area (Å²) in [5.41, 5.74) is 1.15. The molecule has 0 aliphatic carbocycles. The van der Waals surface area contributed by atoms with E-state index in [9.17, 15) is 9.59 Å². The SMILES string of the molecule is CC[C@H](C)NC(=O)c1ccc(NC(=O)[C@H]2COc3ccccc3O2)cc1. The van der Waals surface area contributed by atoms with Gasteiger partial charge in [0.05, 0.1) is 0 Å². The second-order valence-electron chi connectivity index (χ2n) is 6.21. The van der Waals surface area contributed by atoms with Crippen LogP contribution in [-0.2, 0) is 4.79 Å². The molecule has 0 aromatic heterocycles. The topological polar surface area (TPSA) is 76.7 Å². The van der Waals surface area contributed by atoms with Gasteiger partial charge < -0.3 is 20.1 Å². The van der Waals surface area contributed by atoms with Gasteiger partial charge in [-0.15, -0.1) is 0 Å². The molecule has 0 unspecified atom stereocenters. The van der Waals surface area contributed by atoms with Gasteiger partial charge in [-0.2, -0.15) is 0 Å². The summed E-state index contributed by atoms with van der Waals surface area (Å²) in [6.07, 6.45) is 0.144. The molecule has 0 radical (unpaired) electrons. The normalized spacial score (nSPS) is 16.5. The van der Waals surface area contributed by atoms with Crippen LogP contribution in [0.1, 0.15) is 30.6 Å². The Morgan fingerprint density at radius 3 is 2.50 bits per heavy atom. The zero-order valence-corrected chi connectivity index (χ0v) is 14.8. The third kappa shape index (κ3) is 4.14. The van der Waals surface area contributed by atoms with E-state index in [1.807, 2.05) is 26.0 Å². The summed E-state index contributed by atoms with van der Waals surface area (Å²) < 4.78 is 11.2. The minimum atomic E-state index is -0.724. The minimum absolute atomic E-state index is 0.119. The predicted molar refractivity (Wildman–Crippen MR) is 98.6 cm³/mol. The minimum Gasteiger partial charge on any atom is -0.485 e. The molecule has 0 fully saturated rings. The van der Waals surface area contributed by atoms with E-state index < -0.39 is 6.10 Å². The first-order chi connectivity index (χ1) is 12.6. The van der Waals surface area contributed by atoms with Crippen LogP contribution in [0.3, 0.4) is 0 Å². The van der Waals surface area contributed by atoms with Crippen molar-refractivity contribution in [3.63, 3.8) is 0 Å². The van der Waals surface area contributed by atoms with Crippen LogP contribution >= 0.6 is 0 Å². The lowest BCUT2D eigenvalue weighted by Crippen LogP contribution is -2.40. The molecule has 2 aromatic rings. The van der Waals surface area contributed by atoms with Crippen molar-refractivity contribution >= 4 is 17.5 Å². The van der Waals surface area contributed by atoms with Crippen LogP contribution in [-0.4, -0.2) is 30.6 Å². The average molecular weight is 354 g/mol. The average Bonchev–Trinajstić information content (AvgIpc) is 2.67. The summed E-state index contributed by atoms with van der Waals surface area (Å²) in [7, 11) is 0. The van der Waals surface area contributed by atoms with Crippen molar-refractivity contribution < 1.29 is 19.1 Å². The van der Waals surface area contributed by atoms with E-state index in [0.29, 0.717) is 22.7 Å². The van der Waals surface area contributed by atoms with Crippen LogP contribution in [0, 0.1) is 0 Å². The molecule has 3 rings (SSSR count). The van der Waals surface area contributed by atoms with Crippen LogP contribution in [0.2, 0.25) is 0 Å². The molecule has 26 heavy (non-hydrogen) atoms. The lowest BCUT2D eigenvalue weighted by Gasteiger charge is -2.25. The summed E-state index contributed by atoms with van der Waals surface area (Å²) in [5, 5.41) is 5.69. The van der Waals surface area contributed by atoms with E-state index in [2.05, 4.69) is 10.6 Å². The largest absolute Gasteiger partial charge is 0.485 e. The van der Waals surface area contributed by atoms with Crippen LogP contribution in [0.25, 0.3) is 0 Å². The monoisotopic (exact) mass is 354 g/mol. The fourth-order valence-electron chi connectivity index (χ4n) is 2.49. The Labute approximate surface area is 152 Å². The molecule has 1 heterocycles. The van der Waals surface area contributed by atoms with Crippen molar-refractivity contribution in [3.8, 4) is 11.5 Å². The van der Waals surface area contributed by atoms with Gasteiger partial charge in [-0.3, -0.25) is 9.59 Å². The molecule has 2 atom stereocenters. The van der Waals surface area contributed by atoms with Gasteiger partial charge in [-0.25, -0.2) is 0 Å². The molecule has 6 nitrogen and oxygen atoms in total. The fourth-order valence-corrected chi connectivity index (χ4v) is 2.49. The number of amides is 2. The number of benzene rings is 2. The number of anilines is 1. The molecule has 0 saturated heterocycles. The van der Waals surface area contributed by atoms with Gasteiger partial charge in [0.1, 0.15) is 6.61 Å². The number of carbonyl (C=O) groups is 2. The summed E-state index contributed by atoms with van der Waals surface area (Å²) in [6, 6.07) is 14.1. The Bertz CT molecular complexity index is 789. The third-order valence-electron chi connectivity index (χ3n) is 4.21. The van der Waals surface area contributed by atoms with Crippen LogP contribution in [0.5, 0.6) is 11.5 Å². The number of rotatable bonds is 5. The van der Waals surface area contributed by atoms with Crippen LogP contribution < -0.4 is 20.1 Å². The molecule has 2 amide bonds. The molecule has 2 N–H and O–H groups in total. The summed E-state index contributed by atoms with van der Waals surface area (Å²) in [6.45, 7) is 4.12. The van der Waals surface area contributed by atoms with Crippen LogP contribution in [0.4, 0.5) is 5.69 Å². The van der Waals surface area contributed by atoms with Crippen LogP contribution in [0.15, 0.2) is 48.5 Å². The third-order valence-corrected chi connectivity index (χ3v) is 4.21. The molecule has 6 heteroatoms. The van der Waals surface area contributed by atoms with E-state index in [0.717, 1.165) is 6.42 Å². The lowest BCUT2D eigenvalue weighted by atomic mass is 10.1. The molecule has 2 aromatic carbocycles. The number of hydrogen-bond donors (Lipinski definition) is 2. The lowest BCUT2D eigenvalue weighted by molar-refractivity contribution is -0.125.